The fourth-order valence-electron chi connectivity index (χ4n) is 5.83. The summed E-state index contributed by atoms with van der Waals surface area (Å²) in [6, 6.07) is 36.2. The van der Waals surface area contributed by atoms with Crippen molar-refractivity contribution in [1.82, 2.24) is 0 Å². The molecule has 0 fully saturated rings. The van der Waals surface area contributed by atoms with Crippen LogP contribution in [0.5, 0.6) is 0 Å². The van der Waals surface area contributed by atoms with Gasteiger partial charge in [0.15, 0.2) is 0 Å². The maximum atomic E-state index is 3.30. The molecule has 0 N–H and O–H groups in total. The standard InChI is InChI=1S/2C13H9.2C9H13.2C2H6Si.2ClH.2Zr/c2*1-3-7-12-10(5-1)9-11-6-2-4-8-13(11)12;2*1-9(2,3)8-6-4-5-7-8;2*1-3-2;;;;/h2*1-5,7-8H,9H2;2*6-7H,4H2,1-3H3;2*1-2H3;2*1H;;/q4*-1;;;;;2*+2/p-2. The minimum atomic E-state index is 0. The quantitative estimate of drug-likeness (QED) is 0.112. The molecule has 0 nitrogen and oxygen atoms in total. The summed E-state index contributed by atoms with van der Waals surface area (Å²) < 4.78 is 0. The molecule has 0 saturated carbocycles. The van der Waals surface area contributed by atoms with E-state index in [-0.39, 0.29) is 35.7 Å². The molecule has 0 spiro atoms. The average Bonchev–Trinajstić information content (AvgIpc) is 3.91. The van der Waals surface area contributed by atoms with Crippen LogP contribution in [-0.4, -0.2) is 10.9 Å². The SMILES string of the molecule is CC(C)(C)C1=CC[C-]=C1.CC(C)(C)C1=CC[C-]=C1.C[Si](C)=[Zr+2].C[Si](C)=[Zr+2].[Cl-].[Cl-].[c-]1cccc2c1Cc1ccccc1-2.[c-]1cccc2c1Cc1ccccc1-2. The molecule has 6 heteroatoms. The van der Waals surface area contributed by atoms with Crippen molar-refractivity contribution in [3.8, 4) is 22.3 Å². The molecule has 0 bridgehead atoms. The van der Waals surface area contributed by atoms with Crippen LogP contribution in [0.1, 0.15) is 76.6 Å². The number of hydrogen-bond donors (Lipinski definition) is 0. The first-order valence-corrected chi connectivity index (χ1v) is 30.7. The molecule has 0 aliphatic heterocycles. The van der Waals surface area contributed by atoms with Crippen LogP contribution in [0.3, 0.4) is 0 Å². The summed E-state index contributed by atoms with van der Waals surface area (Å²) >= 11 is 3.48. The van der Waals surface area contributed by atoms with Gasteiger partial charge in [0, 0.05) is 0 Å². The van der Waals surface area contributed by atoms with Gasteiger partial charge >= 0.3 is 83.7 Å². The van der Waals surface area contributed by atoms with Crippen molar-refractivity contribution in [2.75, 3.05) is 0 Å². The Morgan fingerprint density at radius 2 is 0.815 bits per heavy atom. The van der Waals surface area contributed by atoms with E-state index < -0.39 is 0 Å². The molecule has 4 aliphatic carbocycles. The van der Waals surface area contributed by atoms with E-state index in [9.17, 15) is 0 Å². The second-order valence-corrected chi connectivity index (χ2v) is 34.5. The Kier molecular flexibility index (Phi) is 23.5. The second kappa shape index (κ2) is 25.1. The van der Waals surface area contributed by atoms with Gasteiger partial charge in [0.25, 0.3) is 0 Å². The average molecular weight is 943 g/mol. The smallest absolute Gasteiger partial charge is 0.0253 e. The molecule has 0 atom stereocenters. The first-order chi connectivity index (χ1) is 24.6. The third kappa shape index (κ3) is 17.4. The summed E-state index contributed by atoms with van der Waals surface area (Å²) in [5.41, 5.74) is 14.9. The van der Waals surface area contributed by atoms with Crippen molar-refractivity contribution < 1.29 is 71.5 Å². The normalized spacial score (nSPS) is 13.1. The molecule has 0 aromatic heterocycles. The van der Waals surface area contributed by atoms with Gasteiger partial charge in [-0.3, -0.25) is 12.2 Å². The predicted octanol–water partition coefficient (Wildman–Crippen LogP) is 7.14. The van der Waals surface area contributed by atoms with E-state index in [2.05, 4.69) is 189 Å². The van der Waals surface area contributed by atoms with Crippen LogP contribution >= 0.6 is 0 Å². The van der Waals surface area contributed by atoms with Crippen LogP contribution in [0.15, 0.2) is 120 Å². The van der Waals surface area contributed by atoms with Crippen LogP contribution in [0.4, 0.5) is 0 Å². The molecule has 280 valence electrons. The largest absolute Gasteiger partial charge is 1.00 e. The van der Waals surface area contributed by atoms with Crippen LogP contribution in [-0.2, 0) is 59.5 Å². The van der Waals surface area contributed by atoms with Crippen LogP contribution < -0.4 is 24.8 Å². The Morgan fingerprint density at radius 1 is 0.500 bits per heavy atom. The maximum Gasteiger partial charge on any atom is -0.0253 e. The minimum Gasteiger partial charge on any atom is -1.00 e. The zero-order valence-corrected chi connectivity index (χ0v) is 42.4. The Labute approximate surface area is 372 Å². The molecule has 0 heterocycles. The summed E-state index contributed by atoms with van der Waals surface area (Å²) in [6.07, 6.45) is 19.1. The molecule has 4 aliphatic rings. The third-order valence-electron chi connectivity index (χ3n) is 8.36. The number of hydrogen-bond acceptors (Lipinski definition) is 0. The van der Waals surface area contributed by atoms with Crippen LogP contribution in [0.2, 0.25) is 26.2 Å². The van der Waals surface area contributed by atoms with E-state index in [1.165, 1.54) is 55.7 Å². The summed E-state index contributed by atoms with van der Waals surface area (Å²) in [5.74, 6) is 0. The first-order valence-electron chi connectivity index (χ1n) is 18.3. The molecule has 4 aromatic carbocycles. The summed E-state index contributed by atoms with van der Waals surface area (Å²) in [5, 5.41) is 0. The van der Waals surface area contributed by atoms with E-state index in [1.807, 2.05) is 12.1 Å². The Balaban J connectivity index is 0.000000338. The van der Waals surface area contributed by atoms with E-state index in [1.54, 1.807) is 46.7 Å². The molecule has 4 aromatic rings. The molecular weight excluding hydrogens is 886 g/mol. The van der Waals surface area contributed by atoms with Gasteiger partial charge in [-0.05, 0) is 12.8 Å². The summed E-state index contributed by atoms with van der Waals surface area (Å²) in [6.45, 7) is 22.6. The Bertz CT molecular complexity index is 1700. The molecule has 0 radical (unpaired) electrons. The monoisotopic (exact) mass is 938 g/mol. The van der Waals surface area contributed by atoms with Crippen molar-refractivity contribution in [3.05, 3.63) is 167 Å². The fourth-order valence-corrected chi connectivity index (χ4v) is 5.83. The molecular formula is C48H56Cl2Si2Zr2-2. The molecule has 0 unspecified atom stereocenters. The van der Waals surface area contributed by atoms with E-state index in [0.29, 0.717) is 10.8 Å². The van der Waals surface area contributed by atoms with Gasteiger partial charge in [0.1, 0.15) is 0 Å². The Morgan fingerprint density at radius 3 is 1.09 bits per heavy atom. The fraction of sp³-hybridized carbons (Fsp3) is 0.333. The number of allylic oxidation sites excluding steroid dienone is 8. The summed E-state index contributed by atoms with van der Waals surface area (Å²) in [4.78, 5) is 0. The predicted molar refractivity (Wildman–Crippen MR) is 222 cm³/mol. The van der Waals surface area contributed by atoms with Gasteiger partial charge in [0.2, 0.25) is 0 Å². The topological polar surface area (TPSA) is 0 Å². The molecule has 54 heavy (non-hydrogen) atoms. The van der Waals surface area contributed by atoms with Crippen LogP contribution in [0.25, 0.3) is 22.3 Å². The zero-order valence-electron chi connectivity index (χ0n) is 34.0. The first kappa shape index (κ1) is 50.6. The Hall–Kier alpha value is -1.38. The van der Waals surface area contributed by atoms with Gasteiger partial charge in [-0.15, -0.1) is 24.0 Å². The van der Waals surface area contributed by atoms with Crippen molar-refractivity contribution in [2.24, 2.45) is 10.8 Å². The molecule has 0 amide bonds. The van der Waals surface area contributed by atoms with Crippen molar-refractivity contribution in [2.45, 2.75) is 93.4 Å². The number of fused-ring (bicyclic) bond motifs is 6. The molecule has 8 rings (SSSR count). The number of halogens is 2. The second-order valence-electron chi connectivity index (χ2n) is 15.7. The van der Waals surface area contributed by atoms with E-state index >= 15 is 0 Å². The van der Waals surface area contributed by atoms with E-state index in [4.69, 9.17) is 0 Å². The number of benzene rings is 4. The maximum absolute atomic E-state index is 3.30. The van der Waals surface area contributed by atoms with Crippen LogP contribution in [0, 0.1) is 35.1 Å². The van der Waals surface area contributed by atoms with Gasteiger partial charge in [0.05, 0.1) is 0 Å². The molecule has 0 saturated heterocycles. The van der Waals surface area contributed by atoms with Crippen molar-refractivity contribution in [3.63, 3.8) is 0 Å². The van der Waals surface area contributed by atoms with Gasteiger partial charge in [-0.1, -0.05) is 123 Å². The number of rotatable bonds is 0. The summed E-state index contributed by atoms with van der Waals surface area (Å²) in [7, 11) is 0. The zero-order chi connectivity index (χ0) is 38.3. The van der Waals surface area contributed by atoms with Crippen molar-refractivity contribution in [1.29, 1.82) is 0 Å². The van der Waals surface area contributed by atoms with Gasteiger partial charge < -0.3 is 24.8 Å². The third-order valence-corrected chi connectivity index (χ3v) is 8.36. The van der Waals surface area contributed by atoms with Gasteiger partial charge in [-0.25, -0.2) is 12.2 Å². The van der Waals surface area contributed by atoms with Gasteiger partial charge in [-0.2, -0.15) is 83.0 Å². The van der Waals surface area contributed by atoms with E-state index in [0.717, 1.165) is 25.7 Å². The minimum absolute atomic E-state index is 0. The van der Waals surface area contributed by atoms with Crippen molar-refractivity contribution >= 4 is 10.9 Å².